The van der Waals surface area contributed by atoms with E-state index >= 15 is 0 Å². The zero-order chi connectivity index (χ0) is 17.1. The summed E-state index contributed by atoms with van der Waals surface area (Å²) in [6.07, 6.45) is 3.69. The van der Waals surface area contributed by atoms with Crippen molar-refractivity contribution in [2.24, 2.45) is 5.92 Å². The average Bonchev–Trinajstić information content (AvgIpc) is 3.27. The summed E-state index contributed by atoms with van der Waals surface area (Å²) >= 11 is 1.26. The Morgan fingerprint density at radius 2 is 2.25 bits per heavy atom. The molecule has 0 aliphatic heterocycles. The molecule has 1 aliphatic carbocycles. The van der Waals surface area contributed by atoms with E-state index in [0.29, 0.717) is 29.6 Å². The molecule has 7 heteroatoms. The minimum absolute atomic E-state index is 0.246. The zero-order valence-electron chi connectivity index (χ0n) is 13.2. The Labute approximate surface area is 142 Å². The molecule has 128 valence electrons. The number of hydrogen-bond donors (Lipinski definition) is 1. The first-order valence-electron chi connectivity index (χ1n) is 7.82. The SMILES string of the molecule is CC(OCC1CC1)C(=O)Nc1ncc(Cc2ccc(F)cc2F)s1. The van der Waals surface area contributed by atoms with Gasteiger partial charge in [0.25, 0.3) is 5.91 Å². The van der Waals surface area contributed by atoms with Crippen LogP contribution < -0.4 is 5.32 Å². The van der Waals surface area contributed by atoms with Crippen LogP contribution >= 0.6 is 11.3 Å². The number of carbonyl (C=O) groups excluding carboxylic acids is 1. The molecule has 1 aromatic carbocycles. The first-order valence-corrected chi connectivity index (χ1v) is 8.64. The van der Waals surface area contributed by atoms with Gasteiger partial charge in [-0.1, -0.05) is 6.07 Å². The lowest BCUT2D eigenvalue weighted by molar-refractivity contribution is -0.126. The Bertz CT molecular complexity index is 731. The van der Waals surface area contributed by atoms with Gasteiger partial charge in [-0.15, -0.1) is 11.3 Å². The van der Waals surface area contributed by atoms with Crippen LogP contribution in [0.25, 0.3) is 0 Å². The summed E-state index contributed by atoms with van der Waals surface area (Å²) in [5.74, 6) is -0.841. The molecule has 24 heavy (non-hydrogen) atoms. The first-order chi connectivity index (χ1) is 11.5. The maximum atomic E-state index is 13.7. The van der Waals surface area contributed by atoms with Crippen LogP contribution in [0.1, 0.15) is 30.2 Å². The summed E-state index contributed by atoms with van der Waals surface area (Å²) in [6.45, 7) is 2.32. The Hall–Kier alpha value is -1.86. The van der Waals surface area contributed by atoms with E-state index in [9.17, 15) is 13.6 Å². The van der Waals surface area contributed by atoms with Crippen molar-refractivity contribution in [3.63, 3.8) is 0 Å². The third-order valence-electron chi connectivity index (χ3n) is 3.81. The summed E-state index contributed by atoms with van der Waals surface area (Å²) in [5, 5.41) is 3.15. The van der Waals surface area contributed by atoms with Gasteiger partial charge in [0.2, 0.25) is 0 Å². The summed E-state index contributed by atoms with van der Waals surface area (Å²) in [5.41, 5.74) is 0.388. The number of anilines is 1. The van der Waals surface area contributed by atoms with E-state index in [2.05, 4.69) is 10.3 Å². The molecule has 1 amide bonds. The van der Waals surface area contributed by atoms with Crippen LogP contribution in [0.4, 0.5) is 13.9 Å². The van der Waals surface area contributed by atoms with E-state index in [1.54, 1.807) is 13.1 Å². The van der Waals surface area contributed by atoms with Crippen LogP contribution in [0.3, 0.4) is 0 Å². The van der Waals surface area contributed by atoms with E-state index in [0.717, 1.165) is 10.9 Å². The molecular weight excluding hydrogens is 334 g/mol. The van der Waals surface area contributed by atoms with Crippen molar-refractivity contribution in [3.8, 4) is 0 Å². The normalized spacial score (nSPS) is 15.3. The van der Waals surface area contributed by atoms with E-state index in [1.165, 1.54) is 36.3 Å². The zero-order valence-corrected chi connectivity index (χ0v) is 14.0. The number of halogens is 2. The van der Waals surface area contributed by atoms with Gasteiger partial charge in [-0.05, 0) is 37.3 Å². The van der Waals surface area contributed by atoms with Crippen LogP contribution in [0, 0.1) is 17.6 Å². The molecule has 1 unspecified atom stereocenters. The largest absolute Gasteiger partial charge is 0.368 e. The number of aromatic nitrogens is 1. The van der Waals surface area contributed by atoms with Gasteiger partial charge >= 0.3 is 0 Å². The van der Waals surface area contributed by atoms with Crippen LogP contribution in [0.15, 0.2) is 24.4 Å². The Kier molecular flexibility index (Phi) is 5.20. The van der Waals surface area contributed by atoms with Crippen molar-refractivity contribution in [2.75, 3.05) is 11.9 Å². The highest BCUT2D eigenvalue weighted by atomic mass is 32.1. The highest BCUT2D eigenvalue weighted by molar-refractivity contribution is 7.15. The van der Waals surface area contributed by atoms with Gasteiger partial charge in [0.15, 0.2) is 5.13 Å². The molecule has 4 nitrogen and oxygen atoms in total. The second-order valence-corrected chi connectivity index (χ2v) is 7.07. The molecular formula is C17H18F2N2O2S. The third-order valence-corrected chi connectivity index (χ3v) is 4.72. The summed E-state index contributed by atoms with van der Waals surface area (Å²) < 4.78 is 32.1. The summed E-state index contributed by atoms with van der Waals surface area (Å²) in [6, 6.07) is 3.50. The second-order valence-electron chi connectivity index (χ2n) is 5.95. The Morgan fingerprint density at radius 1 is 1.46 bits per heavy atom. The fourth-order valence-corrected chi connectivity index (χ4v) is 2.99. The van der Waals surface area contributed by atoms with Crippen LogP contribution in [0.5, 0.6) is 0 Å². The maximum Gasteiger partial charge on any atom is 0.254 e. The molecule has 0 spiro atoms. The van der Waals surface area contributed by atoms with Crippen molar-refractivity contribution in [3.05, 3.63) is 46.5 Å². The van der Waals surface area contributed by atoms with Crippen molar-refractivity contribution in [1.82, 2.24) is 4.98 Å². The number of nitrogens with zero attached hydrogens (tertiary/aromatic N) is 1. The first kappa shape index (κ1) is 17.0. The molecule has 1 saturated carbocycles. The highest BCUT2D eigenvalue weighted by Gasteiger charge is 2.24. The summed E-state index contributed by atoms with van der Waals surface area (Å²) in [7, 11) is 0. The number of hydrogen-bond acceptors (Lipinski definition) is 4. The molecule has 1 aliphatic rings. The molecule has 3 rings (SSSR count). The summed E-state index contributed by atoms with van der Waals surface area (Å²) in [4.78, 5) is 16.9. The third kappa shape index (κ3) is 4.58. The molecule has 1 N–H and O–H groups in total. The minimum atomic E-state index is -0.603. The Balaban J connectivity index is 1.55. The van der Waals surface area contributed by atoms with Gasteiger partial charge in [0.05, 0.1) is 6.61 Å². The Morgan fingerprint density at radius 3 is 2.96 bits per heavy atom. The number of ether oxygens (including phenoxy) is 1. The van der Waals surface area contributed by atoms with E-state index in [-0.39, 0.29) is 5.91 Å². The monoisotopic (exact) mass is 352 g/mol. The van der Waals surface area contributed by atoms with Crippen molar-refractivity contribution in [1.29, 1.82) is 0 Å². The lowest BCUT2D eigenvalue weighted by atomic mass is 10.1. The fraction of sp³-hybridized carbons (Fsp3) is 0.412. The lowest BCUT2D eigenvalue weighted by Crippen LogP contribution is -2.28. The number of rotatable bonds is 7. The van der Waals surface area contributed by atoms with Gasteiger partial charge in [0, 0.05) is 23.6 Å². The predicted molar refractivity (Wildman–Crippen MR) is 88.0 cm³/mol. The van der Waals surface area contributed by atoms with E-state index < -0.39 is 17.7 Å². The standard InChI is InChI=1S/C17H18F2N2O2S/c1-10(23-9-11-2-3-11)16(22)21-17-20-8-14(24-17)6-12-4-5-13(18)7-15(12)19/h4-5,7-8,10-11H,2-3,6,9H2,1H3,(H,20,21,22). The number of nitrogens with one attached hydrogen (secondary N) is 1. The number of thiazole rings is 1. The number of benzene rings is 1. The van der Waals surface area contributed by atoms with Gasteiger partial charge < -0.3 is 4.74 Å². The highest BCUT2D eigenvalue weighted by Crippen LogP contribution is 2.29. The van der Waals surface area contributed by atoms with Gasteiger partial charge in [-0.3, -0.25) is 10.1 Å². The van der Waals surface area contributed by atoms with Crippen LogP contribution in [-0.2, 0) is 16.0 Å². The number of carbonyl (C=O) groups is 1. The molecule has 0 bridgehead atoms. The number of amides is 1. The van der Waals surface area contributed by atoms with Crippen molar-refractivity contribution >= 4 is 22.4 Å². The molecule has 1 atom stereocenters. The van der Waals surface area contributed by atoms with Gasteiger partial charge in [-0.2, -0.15) is 0 Å². The van der Waals surface area contributed by atoms with E-state index in [4.69, 9.17) is 4.74 Å². The average molecular weight is 352 g/mol. The molecule has 1 heterocycles. The van der Waals surface area contributed by atoms with Gasteiger partial charge in [-0.25, -0.2) is 13.8 Å². The van der Waals surface area contributed by atoms with Crippen LogP contribution in [0.2, 0.25) is 0 Å². The topological polar surface area (TPSA) is 51.2 Å². The quantitative estimate of drug-likeness (QED) is 0.825. The molecule has 1 fully saturated rings. The smallest absolute Gasteiger partial charge is 0.254 e. The molecule has 0 radical (unpaired) electrons. The fourth-order valence-electron chi connectivity index (χ4n) is 2.15. The van der Waals surface area contributed by atoms with Crippen molar-refractivity contribution < 1.29 is 18.3 Å². The maximum absolute atomic E-state index is 13.7. The van der Waals surface area contributed by atoms with Crippen molar-refractivity contribution in [2.45, 2.75) is 32.3 Å². The minimum Gasteiger partial charge on any atom is -0.368 e. The predicted octanol–water partition coefficient (Wildman–Crippen LogP) is 3.77. The van der Waals surface area contributed by atoms with Crippen LogP contribution in [-0.4, -0.2) is 23.6 Å². The van der Waals surface area contributed by atoms with Gasteiger partial charge in [0.1, 0.15) is 17.7 Å². The second kappa shape index (κ2) is 7.36. The molecule has 2 aromatic rings. The lowest BCUT2D eigenvalue weighted by Gasteiger charge is -2.11. The van der Waals surface area contributed by atoms with E-state index in [1.807, 2.05) is 0 Å². The molecule has 0 saturated heterocycles. The molecule has 1 aromatic heterocycles.